The molecular weight excluding hydrogens is 1440 g/mol. The van der Waals surface area contributed by atoms with Crippen LogP contribution in [0, 0.1) is 55.4 Å². The second kappa shape index (κ2) is 35.7. The summed E-state index contributed by atoms with van der Waals surface area (Å²) in [5.41, 5.74) is 22.0. The van der Waals surface area contributed by atoms with E-state index >= 15 is 0 Å². The maximum atomic E-state index is 10.2. The summed E-state index contributed by atoms with van der Waals surface area (Å²) in [6.45, 7) is 26.7. The van der Waals surface area contributed by atoms with Gasteiger partial charge in [0.25, 0.3) is 0 Å². The van der Waals surface area contributed by atoms with Crippen LogP contribution in [0.15, 0.2) is 160 Å². The highest BCUT2D eigenvalue weighted by atomic mass is 16.5. The van der Waals surface area contributed by atoms with Crippen molar-refractivity contribution in [3.8, 4) is 23.0 Å². The molecule has 12 heterocycles. The van der Waals surface area contributed by atoms with Gasteiger partial charge >= 0.3 is 0 Å². The number of ether oxygens (including phenoxy) is 4. The van der Waals surface area contributed by atoms with E-state index in [1.807, 2.05) is 131 Å². The Hall–Kier alpha value is -12.5. The number of H-pyrrole nitrogens is 8. The van der Waals surface area contributed by atoms with Crippen LogP contribution >= 0.6 is 0 Å². The number of hydrogen-bond donors (Lipinski definition) is 14. The zero-order valence-electron chi connectivity index (χ0n) is 68.1. The first-order chi connectivity index (χ1) is 55.7. The van der Waals surface area contributed by atoms with Crippen LogP contribution in [-0.4, -0.2) is 123 Å². The molecular formula is C93H103N15O7. The van der Waals surface area contributed by atoms with Crippen LogP contribution in [0.5, 0.6) is 23.0 Å². The Morgan fingerprint density at radius 3 is 1.13 bits per heavy atom. The Balaban J connectivity index is 0.000000134. The van der Waals surface area contributed by atoms with Gasteiger partial charge in [-0.15, -0.1) is 6.58 Å². The van der Waals surface area contributed by atoms with Crippen molar-refractivity contribution in [3.63, 3.8) is 0 Å². The van der Waals surface area contributed by atoms with E-state index in [1.165, 1.54) is 5.56 Å². The number of aromatic amines is 8. The van der Waals surface area contributed by atoms with Gasteiger partial charge in [-0.25, -0.2) is 20.0 Å². The number of benzene rings is 4. The summed E-state index contributed by atoms with van der Waals surface area (Å²) in [5, 5.41) is 55.7. The number of aryl methyl sites for hydroxylation is 8. The third kappa shape index (κ3) is 17.1. The van der Waals surface area contributed by atoms with E-state index in [-0.39, 0.29) is 19.8 Å². The number of aromatic nitrogens is 8. The zero-order valence-corrected chi connectivity index (χ0v) is 68.1. The maximum absolute atomic E-state index is 10.2. The van der Waals surface area contributed by atoms with E-state index < -0.39 is 0 Å². The molecule has 0 unspecified atom stereocenters. The minimum absolute atomic E-state index is 0.145. The third-order valence-corrected chi connectivity index (χ3v) is 20.6. The molecule has 4 aliphatic rings. The number of hydrogen-bond acceptors (Lipinski definition) is 14. The summed E-state index contributed by atoms with van der Waals surface area (Å²) in [6, 6.07) is 43.2. The second-order valence-electron chi connectivity index (χ2n) is 29.2. The third-order valence-electron chi connectivity index (χ3n) is 20.6. The lowest BCUT2D eigenvalue weighted by Crippen LogP contribution is -2.30. The molecule has 0 bridgehead atoms. The molecule has 16 rings (SSSR count). The van der Waals surface area contributed by atoms with Gasteiger partial charge in [0.2, 0.25) is 0 Å². The monoisotopic (exact) mass is 1540 g/mol. The van der Waals surface area contributed by atoms with Crippen molar-refractivity contribution < 1.29 is 34.3 Å². The van der Waals surface area contributed by atoms with Gasteiger partial charge in [0.15, 0.2) is 0 Å². The number of aliphatic hydroxyl groups is 3. The van der Waals surface area contributed by atoms with Gasteiger partial charge < -0.3 is 90.1 Å². The van der Waals surface area contributed by atoms with E-state index in [4.69, 9.17) is 38.9 Å². The predicted octanol–water partition coefficient (Wildman–Crippen LogP) is 2.66. The lowest BCUT2D eigenvalue weighted by atomic mass is 10.1. The molecule has 0 fully saturated rings. The van der Waals surface area contributed by atoms with E-state index in [0.717, 1.165) is 193 Å². The van der Waals surface area contributed by atoms with E-state index in [1.54, 1.807) is 28.4 Å². The molecule has 12 aromatic rings. The standard InChI is InChI=1S/C25H30N4O2.C25H28N4O2.C23H26N4O2.C20H19N3O/c1-14(2)26-12-18-17-8-6-7-9-20(17)28-23(18)24-19(13-30)25(31-5)22(29-24)11-21-15(3)10-16(4)27-21;1-5-10-26-13-18-17-8-6-7-9-20(17)28-23(18)24-19(14-30)25(31-4)22(29-24)12-21-15(2)11-16(3)27-21;1-13-9-14(2)25-19(13)10-20-23(29-4)17(12-28)22(27-20)21-16(11-24-3)15-7-5-6-8-18(15)26-21;1-12-8-13(2)21-16(12)10-19-20(24-3)11-18(23-19)17-9-14-6-4-5-7-15(14)22-17/h6-11,14,26-27,29-30H,12-13H2,1-5H3;5-9,11-12,26-27,29-30H,1,10,13-14H2,2-4H3;5-10,24-25,27-28H,11-12H2,1-4H3;4-11,21,23H,1-3H3/b22-11-,24-23?;22-12-,24-23?;20-10-,22-21?;18-17?,19-10-. The first kappa shape index (κ1) is 80.5. The number of nitrogens with zero attached hydrogens (tertiary/aromatic N) is 4. The highest BCUT2D eigenvalue weighted by Crippen LogP contribution is 2.23. The lowest BCUT2D eigenvalue weighted by molar-refractivity contribution is 0.273. The van der Waals surface area contributed by atoms with Crippen molar-refractivity contribution in [2.24, 2.45) is 20.0 Å². The highest BCUT2D eigenvalue weighted by molar-refractivity contribution is 5.92. The maximum Gasteiger partial charge on any atom is 0.150 e. The largest absolute Gasteiger partial charge is 0.494 e. The molecule has 0 saturated carbocycles. The van der Waals surface area contributed by atoms with Crippen molar-refractivity contribution in [1.29, 1.82) is 0 Å². The average molecular weight is 1540 g/mol. The number of methoxy groups -OCH3 is 4. The Labute approximate surface area is 665 Å². The Morgan fingerprint density at radius 2 is 0.791 bits per heavy atom. The number of aliphatic hydroxyl groups excluding tert-OH is 3. The molecule has 0 amide bonds. The summed E-state index contributed by atoms with van der Waals surface area (Å²) in [7, 11) is 8.49. The number of rotatable bonds is 20. The quantitative estimate of drug-likeness (QED) is 0.0391. The predicted molar refractivity (Wildman–Crippen MR) is 457 cm³/mol. The van der Waals surface area contributed by atoms with Crippen molar-refractivity contribution >= 4 is 69.9 Å². The molecule has 0 radical (unpaired) electrons. The van der Waals surface area contributed by atoms with Gasteiger partial charge in [0, 0.05) is 138 Å². The molecule has 4 aromatic carbocycles. The first-order valence-electron chi connectivity index (χ1n) is 38.6. The molecule has 22 nitrogen and oxygen atoms in total. The molecule has 0 aliphatic carbocycles. The number of nitrogens with one attached hydrogen (secondary N) is 11. The van der Waals surface area contributed by atoms with Crippen LogP contribution in [0.2, 0.25) is 0 Å². The summed E-state index contributed by atoms with van der Waals surface area (Å²) >= 11 is 0. The molecule has 14 N–H and O–H groups in total. The topological polar surface area (TPSA) is 309 Å². The van der Waals surface area contributed by atoms with Crippen molar-refractivity contribution in [2.45, 2.75) is 95.1 Å². The number of para-hydroxylation sites is 4. The molecule has 0 saturated heterocycles. The molecule has 8 aromatic heterocycles. The smallest absolute Gasteiger partial charge is 0.150 e. The van der Waals surface area contributed by atoms with E-state index in [2.05, 4.69) is 172 Å². The first-order valence-corrected chi connectivity index (χ1v) is 38.6. The highest BCUT2D eigenvalue weighted by Gasteiger charge is 2.24. The van der Waals surface area contributed by atoms with Gasteiger partial charge in [-0.1, -0.05) is 92.7 Å². The molecule has 0 spiro atoms. The van der Waals surface area contributed by atoms with Crippen LogP contribution < -0.4 is 120 Å². The zero-order chi connectivity index (χ0) is 81.3. The van der Waals surface area contributed by atoms with Crippen molar-refractivity contribution in [2.75, 3.05) is 61.7 Å². The van der Waals surface area contributed by atoms with Gasteiger partial charge in [0.1, 0.15) is 23.0 Å². The van der Waals surface area contributed by atoms with Crippen LogP contribution in [0.25, 0.3) is 69.9 Å². The summed E-state index contributed by atoms with van der Waals surface area (Å²) < 4.78 is 22.6. The Morgan fingerprint density at radius 1 is 0.426 bits per heavy atom. The summed E-state index contributed by atoms with van der Waals surface area (Å²) in [4.78, 5) is 46.7. The van der Waals surface area contributed by atoms with Crippen LogP contribution in [0.4, 0.5) is 0 Å². The Kier molecular flexibility index (Phi) is 25.0. The van der Waals surface area contributed by atoms with Crippen molar-refractivity contribution in [3.05, 3.63) is 310 Å². The van der Waals surface area contributed by atoms with E-state index in [0.29, 0.717) is 66.2 Å². The molecule has 115 heavy (non-hydrogen) atoms. The van der Waals surface area contributed by atoms with E-state index in [9.17, 15) is 15.3 Å². The fourth-order valence-corrected chi connectivity index (χ4v) is 15.3. The average Bonchev–Trinajstić information content (AvgIpc) is 1.62. The normalized spacial score (nSPS) is 15.6. The SMILES string of the molecule is C=CCNCC1=c2ccccc2=NC1=c1[nH]/c(=C\c2[nH]c(C)cc2C)c(OC)c1CO.CNCC1=c2ccccc2=NC1=c1[nH]/c(=C\c2[nH]c(C)cc2C)c(OC)c1CO.COc1c(CO)c(=C2N=c3ccccc3=C2CNC(C)C)[nH]/c1=C\c1[nH]c(C)cc1C.COc1cc(=C2C=c3ccccc3=N2)[nH]/c1=C\c1[nH]c(C)cc1C. The minimum atomic E-state index is -0.158. The molecule has 4 aliphatic heterocycles. The number of fused-ring (bicyclic) bond motifs is 4. The Bertz CT molecular complexity index is 6810. The molecule has 22 heteroatoms. The van der Waals surface area contributed by atoms with Crippen molar-refractivity contribution in [1.82, 2.24) is 55.8 Å². The van der Waals surface area contributed by atoms with Gasteiger partial charge in [-0.05, 0) is 164 Å². The molecule has 0 atom stereocenters. The van der Waals surface area contributed by atoms with Crippen LogP contribution in [0.3, 0.4) is 0 Å². The second-order valence-corrected chi connectivity index (χ2v) is 29.2. The minimum Gasteiger partial charge on any atom is -0.494 e. The molecule has 592 valence electrons. The van der Waals surface area contributed by atoms with Gasteiger partial charge in [-0.2, -0.15) is 0 Å². The fourth-order valence-electron chi connectivity index (χ4n) is 15.3. The fraction of sp³-hybridized carbons (Fsp3) is 0.247. The summed E-state index contributed by atoms with van der Waals surface area (Å²) in [6.07, 6.45) is 12.1. The van der Waals surface area contributed by atoms with Gasteiger partial charge in [0.05, 0.1) is 135 Å². The lowest BCUT2D eigenvalue weighted by Gasteiger charge is -2.10. The summed E-state index contributed by atoms with van der Waals surface area (Å²) in [5.74, 6) is 2.71. The van der Waals surface area contributed by atoms with Crippen LogP contribution in [-0.2, 0) is 19.8 Å². The van der Waals surface area contributed by atoms with Crippen LogP contribution in [0.1, 0.15) is 98.3 Å². The van der Waals surface area contributed by atoms with Gasteiger partial charge in [-0.3, -0.25) is 0 Å².